The Morgan fingerprint density at radius 1 is 0.914 bits per heavy atom. The van der Waals surface area contributed by atoms with Gasteiger partial charge in [0.05, 0.1) is 28.9 Å². The first-order valence-electron chi connectivity index (χ1n) is 11.0. The van der Waals surface area contributed by atoms with Crippen molar-refractivity contribution in [1.29, 1.82) is 0 Å². The van der Waals surface area contributed by atoms with Crippen molar-refractivity contribution in [3.05, 3.63) is 83.9 Å². The van der Waals surface area contributed by atoms with Crippen LogP contribution in [-0.2, 0) is 10.0 Å². The molecule has 0 spiro atoms. The molecular weight excluding hydrogens is 466 g/mol. The molecular formula is C26H29N3O5S. The zero-order valence-electron chi connectivity index (χ0n) is 20.1. The number of ether oxygens (including phenoxy) is 1. The summed E-state index contributed by atoms with van der Waals surface area (Å²) in [7, 11) is -0.840. The number of hydrogen-bond acceptors (Lipinski definition) is 5. The molecule has 3 aromatic rings. The Kier molecular flexibility index (Phi) is 8.14. The highest BCUT2D eigenvalue weighted by Crippen LogP contribution is 2.24. The molecule has 3 aromatic carbocycles. The third-order valence-electron chi connectivity index (χ3n) is 5.30. The molecule has 2 amide bonds. The molecule has 8 nitrogen and oxygen atoms in total. The standard InChI is InChI=1S/C26H29N3O5S/c1-18(2)17-27-26(31)23-7-5-6-8-24(23)28-25(30)19-9-11-20(12-10-19)29(3)35(32,33)22-15-13-21(34-4)14-16-22/h5-16,18H,17H2,1-4H3,(H,27,31)(H,28,30). The van der Waals surface area contributed by atoms with Crippen LogP contribution in [0.25, 0.3) is 0 Å². The summed E-state index contributed by atoms with van der Waals surface area (Å²) >= 11 is 0. The minimum absolute atomic E-state index is 0.120. The van der Waals surface area contributed by atoms with Crippen molar-refractivity contribution >= 4 is 33.2 Å². The van der Waals surface area contributed by atoms with E-state index >= 15 is 0 Å². The molecule has 0 saturated heterocycles. The van der Waals surface area contributed by atoms with Crippen molar-refractivity contribution in [2.24, 2.45) is 5.92 Å². The van der Waals surface area contributed by atoms with Crippen molar-refractivity contribution in [2.45, 2.75) is 18.7 Å². The van der Waals surface area contributed by atoms with E-state index in [1.54, 1.807) is 48.5 Å². The smallest absolute Gasteiger partial charge is 0.264 e. The van der Waals surface area contributed by atoms with Gasteiger partial charge in [0.2, 0.25) is 0 Å². The van der Waals surface area contributed by atoms with Crippen molar-refractivity contribution < 1.29 is 22.7 Å². The number of nitrogens with one attached hydrogen (secondary N) is 2. The van der Waals surface area contributed by atoms with E-state index in [2.05, 4.69) is 10.6 Å². The Morgan fingerprint density at radius 2 is 1.54 bits per heavy atom. The molecule has 0 unspecified atom stereocenters. The van der Waals surface area contributed by atoms with Crippen LogP contribution in [0, 0.1) is 5.92 Å². The van der Waals surface area contributed by atoms with Gasteiger partial charge in [-0.2, -0.15) is 0 Å². The van der Waals surface area contributed by atoms with Gasteiger partial charge in [-0.15, -0.1) is 0 Å². The van der Waals surface area contributed by atoms with E-state index in [-0.39, 0.29) is 10.8 Å². The number of para-hydroxylation sites is 1. The minimum Gasteiger partial charge on any atom is -0.497 e. The number of nitrogens with zero attached hydrogens (tertiary/aromatic N) is 1. The van der Waals surface area contributed by atoms with Gasteiger partial charge in [0, 0.05) is 19.2 Å². The number of amides is 2. The van der Waals surface area contributed by atoms with E-state index in [1.807, 2.05) is 13.8 Å². The fourth-order valence-corrected chi connectivity index (χ4v) is 4.44. The number of rotatable bonds is 9. The molecule has 2 N–H and O–H groups in total. The van der Waals surface area contributed by atoms with Gasteiger partial charge in [0.15, 0.2) is 0 Å². The lowest BCUT2D eigenvalue weighted by Gasteiger charge is -2.20. The van der Waals surface area contributed by atoms with Gasteiger partial charge < -0.3 is 15.4 Å². The van der Waals surface area contributed by atoms with Crippen LogP contribution in [-0.4, -0.2) is 40.9 Å². The minimum atomic E-state index is -3.79. The van der Waals surface area contributed by atoms with E-state index < -0.39 is 15.9 Å². The number of methoxy groups -OCH3 is 1. The molecule has 0 aromatic heterocycles. The van der Waals surface area contributed by atoms with Gasteiger partial charge in [0.1, 0.15) is 5.75 Å². The first kappa shape index (κ1) is 25.8. The Hall–Kier alpha value is -3.85. The Morgan fingerprint density at radius 3 is 2.14 bits per heavy atom. The fraction of sp³-hybridized carbons (Fsp3) is 0.231. The van der Waals surface area contributed by atoms with Crippen LogP contribution < -0.4 is 19.7 Å². The molecule has 0 bridgehead atoms. The van der Waals surface area contributed by atoms with E-state index in [0.29, 0.717) is 40.7 Å². The highest BCUT2D eigenvalue weighted by molar-refractivity contribution is 7.92. The second-order valence-electron chi connectivity index (χ2n) is 8.30. The topological polar surface area (TPSA) is 105 Å². The average Bonchev–Trinajstić information content (AvgIpc) is 2.87. The largest absolute Gasteiger partial charge is 0.497 e. The first-order valence-corrected chi connectivity index (χ1v) is 12.5. The SMILES string of the molecule is COc1ccc(S(=O)(=O)N(C)c2ccc(C(=O)Nc3ccccc3C(=O)NCC(C)C)cc2)cc1. The van der Waals surface area contributed by atoms with Crippen LogP contribution in [0.1, 0.15) is 34.6 Å². The van der Waals surface area contributed by atoms with Gasteiger partial charge in [-0.25, -0.2) is 8.42 Å². The predicted octanol–water partition coefficient (Wildman–Crippen LogP) is 4.16. The number of benzene rings is 3. The zero-order valence-corrected chi connectivity index (χ0v) is 20.9. The van der Waals surface area contributed by atoms with Gasteiger partial charge >= 0.3 is 0 Å². The maximum atomic E-state index is 13.0. The fourth-order valence-electron chi connectivity index (χ4n) is 3.24. The zero-order chi connectivity index (χ0) is 25.6. The van der Waals surface area contributed by atoms with E-state index in [9.17, 15) is 18.0 Å². The lowest BCUT2D eigenvalue weighted by atomic mass is 10.1. The van der Waals surface area contributed by atoms with Crippen molar-refractivity contribution in [3.8, 4) is 5.75 Å². The summed E-state index contributed by atoms with van der Waals surface area (Å²) in [5, 5.41) is 5.61. The molecule has 0 heterocycles. The van der Waals surface area contributed by atoms with E-state index in [4.69, 9.17) is 4.74 Å². The summed E-state index contributed by atoms with van der Waals surface area (Å²) in [6.07, 6.45) is 0. The second kappa shape index (κ2) is 11.1. The van der Waals surface area contributed by atoms with Gasteiger partial charge in [-0.05, 0) is 66.6 Å². The number of carbonyl (C=O) groups is 2. The maximum absolute atomic E-state index is 13.0. The number of hydrogen-bond donors (Lipinski definition) is 2. The van der Waals surface area contributed by atoms with Gasteiger partial charge in [-0.1, -0.05) is 26.0 Å². The van der Waals surface area contributed by atoms with Crippen molar-refractivity contribution in [1.82, 2.24) is 5.32 Å². The molecule has 0 fully saturated rings. The number of carbonyl (C=O) groups excluding carboxylic acids is 2. The van der Waals surface area contributed by atoms with Crippen LogP contribution in [0.2, 0.25) is 0 Å². The second-order valence-corrected chi connectivity index (χ2v) is 10.3. The van der Waals surface area contributed by atoms with E-state index in [1.165, 1.54) is 38.4 Å². The molecule has 0 aliphatic rings. The number of sulfonamides is 1. The summed E-state index contributed by atoms with van der Waals surface area (Å²) < 4.78 is 32.1. The van der Waals surface area contributed by atoms with Crippen LogP contribution in [0.5, 0.6) is 5.75 Å². The normalized spacial score (nSPS) is 11.1. The monoisotopic (exact) mass is 495 g/mol. The third-order valence-corrected chi connectivity index (χ3v) is 7.10. The molecule has 0 atom stereocenters. The molecule has 0 radical (unpaired) electrons. The van der Waals surface area contributed by atoms with Crippen LogP contribution in [0.4, 0.5) is 11.4 Å². The summed E-state index contributed by atoms with van der Waals surface area (Å²) in [6, 6.07) is 19.0. The highest BCUT2D eigenvalue weighted by atomic mass is 32.2. The molecule has 9 heteroatoms. The summed E-state index contributed by atoms with van der Waals surface area (Å²) in [5.41, 5.74) is 1.47. The molecule has 0 aliphatic heterocycles. The van der Waals surface area contributed by atoms with Crippen LogP contribution in [0.15, 0.2) is 77.7 Å². The quantitative estimate of drug-likeness (QED) is 0.464. The Balaban J connectivity index is 1.74. The van der Waals surface area contributed by atoms with Gasteiger partial charge in [0.25, 0.3) is 21.8 Å². The first-order chi connectivity index (χ1) is 16.6. The lowest BCUT2D eigenvalue weighted by molar-refractivity contribution is 0.0950. The molecule has 35 heavy (non-hydrogen) atoms. The molecule has 3 rings (SSSR count). The van der Waals surface area contributed by atoms with Gasteiger partial charge in [-0.3, -0.25) is 13.9 Å². The Bertz CT molecular complexity index is 1290. The predicted molar refractivity (Wildman–Crippen MR) is 137 cm³/mol. The average molecular weight is 496 g/mol. The summed E-state index contributed by atoms with van der Waals surface area (Å²) in [5.74, 6) is 0.170. The molecule has 0 aliphatic carbocycles. The summed E-state index contributed by atoms with van der Waals surface area (Å²) in [6.45, 7) is 4.52. The summed E-state index contributed by atoms with van der Waals surface area (Å²) in [4.78, 5) is 25.5. The lowest BCUT2D eigenvalue weighted by Crippen LogP contribution is -2.28. The molecule has 0 saturated carbocycles. The van der Waals surface area contributed by atoms with Crippen LogP contribution >= 0.6 is 0 Å². The number of anilines is 2. The van der Waals surface area contributed by atoms with Crippen molar-refractivity contribution in [2.75, 3.05) is 30.3 Å². The Labute approximate surface area is 206 Å². The maximum Gasteiger partial charge on any atom is 0.264 e. The third kappa shape index (κ3) is 6.19. The van der Waals surface area contributed by atoms with Crippen molar-refractivity contribution in [3.63, 3.8) is 0 Å². The molecule has 184 valence electrons. The van der Waals surface area contributed by atoms with E-state index in [0.717, 1.165) is 4.31 Å². The van der Waals surface area contributed by atoms with Crippen LogP contribution in [0.3, 0.4) is 0 Å². The highest BCUT2D eigenvalue weighted by Gasteiger charge is 2.22.